The molecule has 5 heteroatoms. The summed E-state index contributed by atoms with van der Waals surface area (Å²) in [7, 11) is 0. The van der Waals surface area contributed by atoms with Gasteiger partial charge in [0.15, 0.2) is 0 Å². The zero-order valence-electron chi connectivity index (χ0n) is 10.2. The molecule has 0 bridgehead atoms. The lowest BCUT2D eigenvalue weighted by Crippen LogP contribution is -2.43. The van der Waals surface area contributed by atoms with Crippen molar-refractivity contribution >= 4 is 17.3 Å². The first-order valence-electron chi connectivity index (χ1n) is 6.02. The molecule has 2 unspecified atom stereocenters. The summed E-state index contributed by atoms with van der Waals surface area (Å²) >= 11 is 1.70. The van der Waals surface area contributed by atoms with Crippen LogP contribution in [0.4, 0.5) is 5.95 Å². The first kappa shape index (κ1) is 11.6. The van der Waals surface area contributed by atoms with E-state index in [1.807, 2.05) is 6.07 Å². The van der Waals surface area contributed by atoms with Gasteiger partial charge >= 0.3 is 0 Å². The van der Waals surface area contributed by atoms with Gasteiger partial charge in [0.2, 0.25) is 5.95 Å². The molecule has 1 aliphatic heterocycles. The van der Waals surface area contributed by atoms with Crippen molar-refractivity contribution in [1.29, 1.82) is 0 Å². The fourth-order valence-electron chi connectivity index (χ4n) is 2.21. The van der Waals surface area contributed by atoms with Gasteiger partial charge in [0.05, 0.1) is 12.6 Å². The molecule has 0 amide bonds. The first-order valence-corrected chi connectivity index (χ1v) is 6.97. The van der Waals surface area contributed by atoms with Crippen LogP contribution in [0.1, 0.15) is 18.6 Å². The first-order chi connectivity index (χ1) is 8.83. The van der Waals surface area contributed by atoms with E-state index in [0.29, 0.717) is 0 Å². The lowest BCUT2D eigenvalue weighted by molar-refractivity contribution is -0.0176. The van der Waals surface area contributed by atoms with Crippen molar-refractivity contribution in [2.75, 3.05) is 18.0 Å². The molecule has 0 saturated carbocycles. The van der Waals surface area contributed by atoms with Gasteiger partial charge in [-0.25, -0.2) is 9.97 Å². The van der Waals surface area contributed by atoms with Gasteiger partial charge in [-0.3, -0.25) is 0 Å². The Labute approximate surface area is 110 Å². The molecule has 1 aliphatic rings. The molecule has 0 aliphatic carbocycles. The third-order valence-corrected chi connectivity index (χ3v) is 3.71. The normalized spacial score (nSPS) is 24.2. The monoisotopic (exact) mass is 261 g/mol. The second-order valence-electron chi connectivity index (χ2n) is 4.45. The summed E-state index contributed by atoms with van der Waals surface area (Å²) in [6.45, 7) is 3.74. The van der Waals surface area contributed by atoms with Crippen LogP contribution in [0.3, 0.4) is 0 Å². The Balaban J connectivity index is 1.81. The molecular weight excluding hydrogens is 246 g/mol. The topological polar surface area (TPSA) is 38.2 Å². The van der Waals surface area contributed by atoms with Crippen LogP contribution in [-0.4, -0.2) is 29.2 Å². The summed E-state index contributed by atoms with van der Waals surface area (Å²) in [5.74, 6) is 0.785. The summed E-state index contributed by atoms with van der Waals surface area (Å²) in [4.78, 5) is 10.8. The van der Waals surface area contributed by atoms with Gasteiger partial charge in [-0.1, -0.05) is 0 Å². The van der Waals surface area contributed by atoms with E-state index >= 15 is 0 Å². The third kappa shape index (κ3) is 2.37. The molecule has 1 saturated heterocycles. The van der Waals surface area contributed by atoms with Crippen LogP contribution < -0.4 is 4.90 Å². The number of nitrogens with zero attached hydrogens (tertiary/aromatic N) is 3. The highest BCUT2D eigenvalue weighted by molar-refractivity contribution is 7.07. The van der Waals surface area contributed by atoms with E-state index in [1.54, 1.807) is 23.7 Å². The largest absolute Gasteiger partial charge is 0.367 e. The molecule has 3 heterocycles. The molecule has 94 valence electrons. The summed E-state index contributed by atoms with van der Waals surface area (Å²) in [6.07, 6.45) is 3.86. The Hall–Kier alpha value is -1.46. The van der Waals surface area contributed by atoms with Crippen LogP contribution in [0.25, 0.3) is 0 Å². The minimum Gasteiger partial charge on any atom is -0.367 e. The highest BCUT2D eigenvalue weighted by atomic mass is 32.1. The van der Waals surface area contributed by atoms with Crippen LogP contribution in [-0.2, 0) is 4.74 Å². The van der Waals surface area contributed by atoms with Crippen molar-refractivity contribution in [2.45, 2.75) is 19.1 Å². The standard InChI is InChI=1S/C13H15N3OS/c1-10-7-16(13-14-4-2-5-15-13)8-12(17-10)11-3-6-18-9-11/h2-6,9-10,12H,7-8H2,1H3. The van der Waals surface area contributed by atoms with E-state index in [0.717, 1.165) is 19.0 Å². The SMILES string of the molecule is CC1CN(c2ncccn2)CC(c2ccsc2)O1. The third-order valence-electron chi connectivity index (χ3n) is 3.01. The van der Waals surface area contributed by atoms with Crippen LogP contribution in [0.5, 0.6) is 0 Å². The quantitative estimate of drug-likeness (QED) is 0.832. The number of ether oxygens (including phenoxy) is 1. The summed E-state index contributed by atoms with van der Waals surface area (Å²) < 4.78 is 5.99. The molecule has 0 spiro atoms. The van der Waals surface area contributed by atoms with Crippen LogP contribution in [0, 0.1) is 0 Å². The number of hydrogen-bond donors (Lipinski definition) is 0. The fourth-order valence-corrected chi connectivity index (χ4v) is 2.91. The van der Waals surface area contributed by atoms with E-state index in [9.17, 15) is 0 Å². The van der Waals surface area contributed by atoms with Gasteiger partial charge in [-0.05, 0) is 35.4 Å². The van der Waals surface area contributed by atoms with Gasteiger partial charge in [0, 0.05) is 18.9 Å². The molecular formula is C13H15N3OS. The molecule has 0 aromatic carbocycles. The number of thiophene rings is 1. The minimum absolute atomic E-state index is 0.115. The molecule has 3 rings (SSSR count). The van der Waals surface area contributed by atoms with E-state index in [1.165, 1.54) is 5.56 Å². The Morgan fingerprint density at radius 3 is 2.89 bits per heavy atom. The van der Waals surface area contributed by atoms with Crippen molar-refractivity contribution in [3.05, 3.63) is 40.8 Å². The van der Waals surface area contributed by atoms with Gasteiger partial charge in [0.1, 0.15) is 6.10 Å². The maximum atomic E-state index is 5.99. The average molecular weight is 261 g/mol. The summed E-state index contributed by atoms with van der Waals surface area (Å²) in [5, 5.41) is 4.23. The van der Waals surface area contributed by atoms with Crippen molar-refractivity contribution in [3.63, 3.8) is 0 Å². The average Bonchev–Trinajstić information content (AvgIpc) is 2.93. The number of rotatable bonds is 2. The van der Waals surface area contributed by atoms with Crippen molar-refractivity contribution in [3.8, 4) is 0 Å². The van der Waals surface area contributed by atoms with Crippen molar-refractivity contribution in [2.24, 2.45) is 0 Å². The molecule has 2 aromatic heterocycles. The van der Waals surface area contributed by atoms with Crippen LogP contribution in [0.15, 0.2) is 35.3 Å². The van der Waals surface area contributed by atoms with E-state index in [-0.39, 0.29) is 12.2 Å². The molecule has 1 fully saturated rings. The lowest BCUT2D eigenvalue weighted by Gasteiger charge is -2.36. The zero-order valence-corrected chi connectivity index (χ0v) is 11.0. The van der Waals surface area contributed by atoms with Gasteiger partial charge < -0.3 is 9.64 Å². The van der Waals surface area contributed by atoms with Gasteiger partial charge in [-0.15, -0.1) is 0 Å². The van der Waals surface area contributed by atoms with Crippen molar-refractivity contribution in [1.82, 2.24) is 9.97 Å². The summed E-state index contributed by atoms with van der Waals surface area (Å²) in [5.41, 5.74) is 1.24. The zero-order chi connectivity index (χ0) is 12.4. The van der Waals surface area contributed by atoms with E-state index in [2.05, 4.69) is 38.6 Å². The number of morpholine rings is 1. The second-order valence-corrected chi connectivity index (χ2v) is 5.23. The smallest absolute Gasteiger partial charge is 0.225 e. The lowest BCUT2D eigenvalue weighted by atomic mass is 10.1. The molecule has 2 aromatic rings. The maximum absolute atomic E-state index is 5.99. The van der Waals surface area contributed by atoms with Gasteiger partial charge in [0.25, 0.3) is 0 Å². The fraction of sp³-hybridized carbons (Fsp3) is 0.385. The molecule has 4 nitrogen and oxygen atoms in total. The highest BCUT2D eigenvalue weighted by Gasteiger charge is 2.27. The van der Waals surface area contributed by atoms with E-state index < -0.39 is 0 Å². The Morgan fingerprint density at radius 1 is 1.33 bits per heavy atom. The molecule has 18 heavy (non-hydrogen) atoms. The van der Waals surface area contributed by atoms with Crippen LogP contribution >= 0.6 is 11.3 Å². The maximum Gasteiger partial charge on any atom is 0.225 e. The van der Waals surface area contributed by atoms with Gasteiger partial charge in [-0.2, -0.15) is 11.3 Å². The predicted molar refractivity (Wildman–Crippen MR) is 71.9 cm³/mol. The summed E-state index contributed by atoms with van der Waals surface area (Å²) in [6, 6.07) is 3.96. The number of anilines is 1. The Bertz CT molecular complexity index is 488. The van der Waals surface area contributed by atoms with Crippen molar-refractivity contribution < 1.29 is 4.74 Å². The highest BCUT2D eigenvalue weighted by Crippen LogP contribution is 2.28. The number of hydrogen-bond acceptors (Lipinski definition) is 5. The molecule has 2 atom stereocenters. The number of aromatic nitrogens is 2. The second kappa shape index (κ2) is 5.04. The van der Waals surface area contributed by atoms with Crippen LogP contribution in [0.2, 0.25) is 0 Å². The minimum atomic E-state index is 0.115. The Kier molecular flexibility index (Phi) is 3.25. The predicted octanol–water partition coefficient (Wildman–Crippen LogP) is 2.50. The van der Waals surface area contributed by atoms with E-state index in [4.69, 9.17) is 4.74 Å². The Morgan fingerprint density at radius 2 is 2.17 bits per heavy atom. The molecule has 0 N–H and O–H groups in total. The molecule has 0 radical (unpaired) electrons.